The van der Waals surface area contributed by atoms with Crippen LogP contribution in [0.15, 0.2) is 47.5 Å². The van der Waals surface area contributed by atoms with Crippen LogP contribution in [0, 0.1) is 24.1 Å². The zero-order valence-corrected chi connectivity index (χ0v) is 21.6. The van der Waals surface area contributed by atoms with Crippen LogP contribution in [0.3, 0.4) is 0 Å². The molecule has 13 heteroatoms. The number of nitriles is 1. The third-order valence-corrected chi connectivity index (χ3v) is 6.40. The maximum atomic E-state index is 14.9. The van der Waals surface area contributed by atoms with Crippen molar-refractivity contribution in [3.63, 3.8) is 0 Å². The fraction of sp³-hybridized carbons (Fsp3) is 0.296. The molecule has 206 valence electrons. The first-order chi connectivity index (χ1) is 19.3. The van der Waals surface area contributed by atoms with Crippen molar-refractivity contribution in [3.05, 3.63) is 81.5 Å². The normalized spacial score (nSPS) is 14.3. The van der Waals surface area contributed by atoms with Crippen molar-refractivity contribution in [3.8, 4) is 17.6 Å². The van der Waals surface area contributed by atoms with Crippen molar-refractivity contribution >= 4 is 16.7 Å². The zero-order valence-electron chi connectivity index (χ0n) is 21.6. The van der Waals surface area contributed by atoms with Gasteiger partial charge in [0.25, 0.3) is 6.43 Å². The summed E-state index contributed by atoms with van der Waals surface area (Å²) < 4.78 is 54.4. The van der Waals surface area contributed by atoms with E-state index < -0.39 is 29.4 Å². The smallest absolute Gasteiger partial charge is 0.314 e. The quantitative estimate of drug-likeness (QED) is 0.357. The first-order valence-corrected chi connectivity index (χ1v) is 12.4. The van der Waals surface area contributed by atoms with E-state index in [-0.39, 0.29) is 39.9 Å². The number of hydrogen-bond donors (Lipinski definition) is 1. The molecule has 10 nitrogen and oxygen atoms in total. The first-order valence-electron chi connectivity index (χ1n) is 12.4. The van der Waals surface area contributed by atoms with Gasteiger partial charge >= 0.3 is 5.56 Å². The van der Waals surface area contributed by atoms with Crippen LogP contribution >= 0.6 is 0 Å². The molecule has 4 aromatic rings. The van der Waals surface area contributed by atoms with Gasteiger partial charge in [-0.1, -0.05) is 18.2 Å². The lowest BCUT2D eigenvalue weighted by molar-refractivity contribution is 0.110. The molecule has 40 heavy (non-hydrogen) atoms. The zero-order chi connectivity index (χ0) is 28.4. The maximum Gasteiger partial charge on any atom is 0.314 e. The molecule has 1 fully saturated rings. The van der Waals surface area contributed by atoms with Crippen molar-refractivity contribution in [2.45, 2.75) is 26.3 Å². The lowest BCUT2D eigenvalue weighted by Gasteiger charge is -2.30. The van der Waals surface area contributed by atoms with Gasteiger partial charge in [0.05, 0.1) is 43.3 Å². The van der Waals surface area contributed by atoms with Gasteiger partial charge in [-0.05, 0) is 19.9 Å². The van der Waals surface area contributed by atoms with Crippen molar-refractivity contribution in [1.82, 2.24) is 19.6 Å². The highest BCUT2D eigenvalue weighted by Crippen LogP contribution is 2.33. The molecule has 0 bridgehead atoms. The second kappa shape index (κ2) is 11.2. The lowest BCUT2D eigenvalue weighted by atomic mass is 10.0. The number of aromatic nitrogens is 4. The van der Waals surface area contributed by atoms with Gasteiger partial charge < -0.3 is 19.8 Å². The number of pyridine rings is 2. The third kappa shape index (κ3) is 5.26. The van der Waals surface area contributed by atoms with Gasteiger partial charge in [-0.25, -0.2) is 32.8 Å². The molecule has 1 aromatic carbocycles. The van der Waals surface area contributed by atoms with Gasteiger partial charge in [-0.2, -0.15) is 5.26 Å². The van der Waals surface area contributed by atoms with E-state index in [1.54, 1.807) is 25.1 Å². The fourth-order valence-electron chi connectivity index (χ4n) is 4.45. The second-order valence-electron chi connectivity index (χ2n) is 9.06. The summed E-state index contributed by atoms with van der Waals surface area (Å²) in [6, 6.07) is 7.89. The molecule has 3 aromatic heterocycles. The van der Waals surface area contributed by atoms with Gasteiger partial charge in [-0.15, -0.1) is 0 Å². The number of halogens is 3. The highest BCUT2D eigenvalue weighted by Gasteiger charge is 2.24. The summed E-state index contributed by atoms with van der Waals surface area (Å²) in [7, 11) is 0. The summed E-state index contributed by atoms with van der Waals surface area (Å²) in [5.74, 6) is -0.394. The standard InChI is InChI=1S/C27H24F3N7O3/c1-15(19-4-3-5-20(22(19)28)25(29)30)33-26-21-14-37(36-8-10-39-11-9-36)27(38)24(23(21)34-16(2)35-26)40-18-6-7-32-17(12-18)13-31/h3-7,12,14-15,25H,8-11H2,1-2H3,(H,33,34,35)/t15-/m1/s1. The number of benzene rings is 1. The van der Waals surface area contributed by atoms with E-state index in [0.29, 0.717) is 31.7 Å². The van der Waals surface area contributed by atoms with Crippen LogP contribution in [-0.4, -0.2) is 45.9 Å². The predicted molar refractivity (Wildman–Crippen MR) is 140 cm³/mol. The number of nitrogens with zero attached hydrogens (tertiary/aromatic N) is 6. The number of alkyl halides is 2. The van der Waals surface area contributed by atoms with E-state index in [9.17, 15) is 23.2 Å². The van der Waals surface area contributed by atoms with Crippen LogP contribution in [0.1, 0.15) is 42.0 Å². The minimum atomic E-state index is -2.97. The molecule has 0 radical (unpaired) electrons. The van der Waals surface area contributed by atoms with Crippen LogP contribution in [0.25, 0.3) is 10.9 Å². The molecule has 1 saturated heterocycles. The molecule has 1 aliphatic rings. The Hall–Kier alpha value is -4.70. The number of morpholine rings is 1. The highest BCUT2D eigenvalue weighted by molar-refractivity contribution is 5.92. The summed E-state index contributed by atoms with van der Waals surface area (Å²) in [4.78, 5) is 26.6. The van der Waals surface area contributed by atoms with Crippen LogP contribution in [0.4, 0.5) is 19.0 Å². The Morgan fingerprint density at radius 3 is 2.65 bits per heavy atom. The molecule has 0 aliphatic carbocycles. The molecule has 0 unspecified atom stereocenters. The largest absolute Gasteiger partial charge is 0.449 e. The molecular formula is C27H24F3N7O3. The SMILES string of the molecule is Cc1nc(N[C@H](C)c2cccc(C(F)F)c2F)c2cn(N3CCOCC3)c(=O)c(Oc3ccnc(C#N)c3)c2n1. The number of aryl methyl sites for hydroxylation is 1. The topological polar surface area (TPSA) is 118 Å². The fourth-order valence-corrected chi connectivity index (χ4v) is 4.45. The van der Waals surface area contributed by atoms with Gasteiger partial charge in [0.15, 0.2) is 0 Å². The summed E-state index contributed by atoms with van der Waals surface area (Å²) >= 11 is 0. The van der Waals surface area contributed by atoms with E-state index in [0.717, 1.165) is 6.07 Å². The number of rotatable bonds is 7. The minimum absolute atomic E-state index is 0.0287. The minimum Gasteiger partial charge on any atom is -0.449 e. The van der Waals surface area contributed by atoms with E-state index in [2.05, 4.69) is 20.3 Å². The van der Waals surface area contributed by atoms with Crippen molar-refractivity contribution < 1.29 is 22.6 Å². The van der Waals surface area contributed by atoms with Crippen molar-refractivity contribution in [2.24, 2.45) is 0 Å². The van der Waals surface area contributed by atoms with Gasteiger partial charge in [0, 0.05) is 24.0 Å². The molecule has 1 atom stereocenters. The Morgan fingerprint density at radius 1 is 1.18 bits per heavy atom. The summed E-state index contributed by atoms with van der Waals surface area (Å²) in [5, 5.41) is 14.5. The monoisotopic (exact) mass is 551 g/mol. The maximum absolute atomic E-state index is 14.9. The molecule has 1 aliphatic heterocycles. The van der Waals surface area contributed by atoms with E-state index in [1.807, 2.05) is 6.07 Å². The number of hydrogen-bond acceptors (Lipinski definition) is 9. The Morgan fingerprint density at radius 2 is 1.93 bits per heavy atom. The second-order valence-corrected chi connectivity index (χ2v) is 9.06. The number of nitrogens with one attached hydrogen (secondary N) is 1. The van der Waals surface area contributed by atoms with Gasteiger partial charge in [-0.3, -0.25) is 4.79 Å². The van der Waals surface area contributed by atoms with Crippen molar-refractivity contribution in [1.29, 1.82) is 5.26 Å². The summed E-state index contributed by atoms with van der Waals surface area (Å²) in [5.41, 5.74) is -0.894. The van der Waals surface area contributed by atoms with Crippen molar-refractivity contribution in [2.75, 3.05) is 36.6 Å². The van der Waals surface area contributed by atoms with E-state index in [4.69, 9.17) is 9.47 Å². The molecule has 0 amide bonds. The Bertz CT molecular complexity index is 1670. The third-order valence-electron chi connectivity index (χ3n) is 6.40. The number of ether oxygens (including phenoxy) is 2. The predicted octanol–water partition coefficient (Wildman–Crippen LogP) is 4.38. The molecule has 1 N–H and O–H groups in total. The average Bonchev–Trinajstić information content (AvgIpc) is 2.95. The molecule has 5 rings (SSSR count). The summed E-state index contributed by atoms with van der Waals surface area (Å²) in [6.45, 7) is 4.90. The van der Waals surface area contributed by atoms with Crippen LogP contribution in [-0.2, 0) is 4.74 Å². The highest BCUT2D eigenvalue weighted by atomic mass is 19.3. The molecule has 0 saturated carbocycles. The Kier molecular flexibility index (Phi) is 7.52. The molecule has 4 heterocycles. The summed E-state index contributed by atoms with van der Waals surface area (Å²) in [6.07, 6.45) is -0.0216. The van der Waals surface area contributed by atoms with E-state index in [1.165, 1.54) is 35.1 Å². The number of fused-ring (bicyclic) bond motifs is 1. The van der Waals surface area contributed by atoms with Gasteiger partial charge in [0.1, 0.15) is 40.5 Å². The lowest BCUT2D eigenvalue weighted by Crippen LogP contribution is -2.48. The first kappa shape index (κ1) is 26.9. The van der Waals surface area contributed by atoms with Gasteiger partial charge in [0.2, 0.25) is 5.75 Å². The molecular weight excluding hydrogens is 527 g/mol. The average molecular weight is 552 g/mol. The van der Waals surface area contributed by atoms with Crippen LogP contribution in [0.2, 0.25) is 0 Å². The van der Waals surface area contributed by atoms with E-state index >= 15 is 0 Å². The molecule has 0 spiro atoms. The van der Waals surface area contributed by atoms with Crippen LogP contribution < -0.4 is 20.6 Å². The van der Waals surface area contributed by atoms with Crippen LogP contribution in [0.5, 0.6) is 11.5 Å². The number of anilines is 1. The Balaban J connectivity index is 1.66. The Labute approximate surface area is 226 Å².